The molecular formula is C25H28N2O3. The fourth-order valence-corrected chi connectivity index (χ4v) is 4.87. The zero-order valence-corrected chi connectivity index (χ0v) is 17.4. The van der Waals surface area contributed by atoms with Crippen molar-refractivity contribution in [2.24, 2.45) is 0 Å². The van der Waals surface area contributed by atoms with E-state index in [0.717, 1.165) is 63.0 Å². The summed E-state index contributed by atoms with van der Waals surface area (Å²) in [5, 5.41) is 0. The summed E-state index contributed by atoms with van der Waals surface area (Å²) in [5.41, 5.74) is 3.24. The first-order chi connectivity index (χ1) is 14.7. The first-order valence-electron chi connectivity index (χ1n) is 11.2. The Balaban J connectivity index is 1.48. The molecule has 0 aromatic heterocycles. The molecule has 5 nitrogen and oxygen atoms in total. The normalized spacial score (nSPS) is 18.3. The van der Waals surface area contributed by atoms with E-state index in [0.29, 0.717) is 29.0 Å². The third-order valence-electron chi connectivity index (χ3n) is 6.53. The summed E-state index contributed by atoms with van der Waals surface area (Å²) >= 11 is 0. The number of rotatable bonds is 2. The molecule has 30 heavy (non-hydrogen) atoms. The summed E-state index contributed by atoms with van der Waals surface area (Å²) in [4.78, 5) is 30.3. The van der Waals surface area contributed by atoms with E-state index >= 15 is 0 Å². The Morgan fingerprint density at radius 2 is 1.07 bits per heavy atom. The highest BCUT2D eigenvalue weighted by atomic mass is 16.5. The highest BCUT2D eigenvalue weighted by molar-refractivity contribution is 6.00. The lowest BCUT2D eigenvalue weighted by Crippen LogP contribution is -2.36. The molecular weight excluding hydrogens is 376 g/mol. The van der Waals surface area contributed by atoms with Crippen molar-refractivity contribution in [3.63, 3.8) is 0 Å². The Bertz CT molecular complexity index is 895. The minimum atomic E-state index is 0.0369. The van der Waals surface area contributed by atoms with Crippen molar-refractivity contribution < 1.29 is 14.3 Å². The average molecular weight is 405 g/mol. The van der Waals surface area contributed by atoms with Crippen LogP contribution in [-0.2, 0) is 6.42 Å². The Hall–Kier alpha value is -2.82. The van der Waals surface area contributed by atoms with E-state index in [1.54, 1.807) is 0 Å². The van der Waals surface area contributed by atoms with Crippen molar-refractivity contribution in [1.29, 1.82) is 0 Å². The van der Waals surface area contributed by atoms with Crippen LogP contribution in [0, 0.1) is 0 Å². The summed E-state index contributed by atoms with van der Waals surface area (Å²) in [6, 6.07) is 11.6. The van der Waals surface area contributed by atoms with Crippen molar-refractivity contribution in [1.82, 2.24) is 9.80 Å². The second kappa shape index (κ2) is 8.13. The number of para-hydroxylation sites is 2. The molecule has 0 saturated carbocycles. The number of piperidine rings is 2. The van der Waals surface area contributed by atoms with Gasteiger partial charge in [0.05, 0.1) is 11.1 Å². The molecule has 5 heteroatoms. The van der Waals surface area contributed by atoms with Gasteiger partial charge >= 0.3 is 0 Å². The number of likely N-dealkylation sites (tertiary alicyclic amines) is 2. The van der Waals surface area contributed by atoms with Gasteiger partial charge in [-0.2, -0.15) is 0 Å². The molecule has 2 fully saturated rings. The van der Waals surface area contributed by atoms with E-state index in [2.05, 4.69) is 0 Å². The quantitative estimate of drug-likeness (QED) is 0.625. The van der Waals surface area contributed by atoms with Gasteiger partial charge in [0.2, 0.25) is 0 Å². The predicted octanol–water partition coefficient (Wildman–Crippen LogP) is 4.64. The van der Waals surface area contributed by atoms with Gasteiger partial charge in [-0.15, -0.1) is 0 Å². The van der Waals surface area contributed by atoms with Crippen LogP contribution in [0.15, 0.2) is 36.4 Å². The summed E-state index contributed by atoms with van der Waals surface area (Å²) in [6.07, 6.45) is 7.26. The number of carbonyl (C=O) groups excluding carboxylic acids is 2. The van der Waals surface area contributed by atoms with Gasteiger partial charge in [0.25, 0.3) is 11.8 Å². The number of fused-ring (bicyclic) bond motifs is 2. The first-order valence-corrected chi connectivity index (χ1v) is 11.2. The standard InChI is InChI=1S/C25H28N2O3/c28-24(26-13-3-1-4-14-26)20-11-7-9-18-17-19-10-8-12-21(23(19)30-22(18)20)25(29)27-15-5-2-6-16-27/h7-12H,1-6,13-17H2. The van der Waals surface area contributed by atoms with Crippen LogP contribution in [0.3, 0.4) is 0 Å². The van der Waals surface area contributed by atoms with Crippen molar-refractivity contribution >= 4 is 11.8 Å². The van der Waals surface area contributed by atoms with Crippen molar-refractivity contribution in [2.45, 2.75) is 44.9 Å². The van der Waals surface area contributed by atoms with Crippen LogP contribution in [0.1, 0.15) is 70.4 Å². The molecule has 0 N–H and O–H groups in total. The van der Waals surface area contributed by atoms with Gasteiger partial charge in [0.15, 0.2) is 0 Å². The van der Waals surface area contributed by atoms with E-state index in [-0.39, 0.29) is 11.8 Å². The van der Waals surface area contributed by atoms with Gasteiger partial charge < -0.3 is 14.5 Å². The number of benzene rings is 2. The monoisotopic (exact) mass is 404 g/mol. The fourth-order valence-electron chi connectivity index (χ4n) is 4.87. The van der Waals surface area contributed by atoms with Crippen molar-refractivity contribution in [3.05, 3.63) is 58.7 Å². The van der Waals surface area contributed by atoms with Crippen LogP contribution in [0.25, 0.3) is 0 Å². The van der Waals surface area contributed by atoms with Gasteiger partial charge in [-0.05, 0) is 50.7 Å². The topological polar surface area (TPSA) is 49.9 Å². The minimum absolute atomic E-state index is 0.0369. The van der Waals surface area contributed by atoms with E-state index in [1.807, 2.05) is 46.2 Å². The lowest BCUT2D eigenvalue weighted by Gasteiger charge is -2.30. The Morgan fingerprint density at radius 3 is 1.50 bits per heavy atom. The smallest absolute Gasteiger partial charge is 0.257 e. The van der Waals surface area contributed by atoms with Crippen molar-refractivity contribution in [3.8, 4) is 11.5 Å². The van der Waals surface area contributed by atoms with Gasteiger partial charge in [-0.25, -0.2) is 0 Å². The second-order valence-electron chi connectivity index (χ2n) is 8.57. The molecule has 3 aliphatic heterocycles. The fraction of sp³-hybridized carbons (Fsp3) is 0.440. The third-order valence-corrected chi connectivity index (χ3v) is 6.53. The largest absolute Gasteiger partial charge is 0.455 e. The maximum Gasteiger partial charge on any atom is 0.257 e. The molecule has 5 rings (SSSR count). The third kappa shape index (κ3) is 3.47. The zero-order valence-electron chi connectivity index (χ0n) is 17.4. The molecule has 0 spiro atoms. The summed E-state index contributed by atoms with van der Waals surface area (Å²) < 4.78 is 6.37. The molecule has 0 bridgehead atoms. The second-order valence-corrected chi connectivity index (χ2v) is 8.57. The number of nitrogens with zero attached hydrogens (tertiary/aromatic N) is 2. The molecule has 0 atom stereocenters. The molecule has 0 unspecified atom stereocenters. The molecule has 2 aromatic carbocycles. The van der Waals surface area contributed by atoms with Gasteiger partial charge in [0.1, 0.15) is 11.5 Å². The summed E-state index contributed by atoms with van der Waals surface area (Å²) in [5.74, 6) is 1.32. The number of hydrogen-bond donors (Lipinski definition) is 0. The predicted molar refractivity (Wildman–Crippen MR) is 115 cm³/mol. The minimum Gasteiger partial charge on any atom is -0.455 e. The molecule has 0 radical (unpaired) electrons. The van der Waals surface area contributed by atoms with Crippen LogP contribution in [0.4, 0.5) is 0 Å². The lowest BCUT2D eigenvalue weighted by molar-refractivity contribution is 0.0718. The van der Waals surface area contributed by atoms with E-state index in [9.17, 15) is 9.59 Å². The molecule has 0 aliphatic carbocycles. The maximum atomic E-state index is 13.2. The highest BCUT2D eigenvalue weighted by Crippen LogP contribution is 2.41. The Labute approximate surface area is 177 Å². The zero-order chi connectivity index (χ0) is 20.5. The highest BCUT2D eigenvalue weighted by Gasteiger charge is 2.30. The van der Waals surface area contributed by atoms with Gasteiger partial charge in [-0.1, -0.05) is 24.3 Å². The molecule has 156 valence electrons. The Kier molecular flexibility index (Phi) is 5.19. The number of carbonyl (C=O) groups is 2. The lowest BCUT2D eigenvalue weighted by atomic mass is 9.94. The van der Waals surface area contributed by atoms with Crippen LogP contribution >= 0.6 is 0 Å². The molecule has 2 saturated heterocycles. The van der Waals surface area contributed by atoms with Crippen LogP contribution in [0.2, 0.25) is 0 Å². The summed E-state index contributed by atoms with van der Waals surface area (Å²) in [7, 11) is 0. The van der Waals surface area contributed by atoms with Crippen LogP contribution < -0.4 is 4.74 Å². The van der Waals surface area contributed by atoms with Gasteiger partial charge in [0, 0.05) is 43.7 Å². The van der Waals surface area contributed by atoms with E-state index in [4.69, 9.17) is 4.74 Å². The molecule has 2 amide bonds. The molecule has 2 aromatic rings. The van der Waals surface area contributed by atoms with Gasteiger partial charge in [-0.3, -0.25) is 9.59 Å². The van der Waals surface area contributed by atoms with E-state index in [1.165, 1.54) is 12.8 Å². The first kappa shape index (κ1) is 19.2. The van der Waals surface area contributed by atoms with Crippen LogP contribution in [-0.4, -0.2) is 47.8 Å². The number of ether oxygens (including phenoxy) is 1. The number of amides is 2. The average Bonchev–Trinajstić information content (AvgIpc) is 2.82. The Morgan fingerprint density at radius 1 is 0.633 bits per heavy atom. The molecule has 3 heterocycles. The van der Waals surface area contributed by atoms with Crippen LogP contribution in [0.5, 0.6) is 11.5 Å². The van der Waals surface area contributed by atoms with E-state index < -0.39 is 0 Å². The number of hydrogen-bond acceptors (Lipinski definition) is 3. The summed E-state index contributed by atoms with van der Waals surface area (Å²) in [6.45, 7) is 3.21. The molecule has 3 aliphatic rings. The SMILES string of the molecule is O=C(c1cccc2c1Oc1c(cccc1C(=O)N1CCCCC1)C2)N1CCCCC1. The van der Waals surface area contributed by atoms with Crippen molar-refractivity contribution in [2.75, 3.05) is 26.2 Å². The maximum absolute atomic E-state index is 13.2.